The first-order valence-corrected chi connectivity index (χ1v) is 10.2. The van der Waals surface area contributed by atoms with Crippen LogP contribution in [0.15, 0.2) is 91.0 Å². The van der Waals surface area contributed by atoms with E-state index in [4.69, 9.17) is 5.41 Å². The quantitative estimate of drug-likeness (QED) is 0.316. The van der Waals surface area contributed by atoms with Crippen LogP contribution >= 0.6 is 11.3 Å². The lowest BCUT2D eigenvalue weighted by Gasteiger charge is -2.09. The Balaban J connectivity index is 1.57. The van der Waals surface area contributed by atoms with Gasteiger partial charge in [-0.25, -0.2) is 0 Å². The van der Waals surface area contributed by atoms with Crippen LogP contribution in [0.3, 0.4) is 0 Å². The highest BCUT2D eigenvalue weighted by atomic mass is 32.1. The number of nitrogens with one attached hydrogen (secondary N) is 1. The van der Waals surface area contributed by atoms with Crippen molar-refractivity contribution in [1.82, 2.24) is 0 Å². The molecule has 1 heterocycles. The second-order valence-corrected chi connectivity index (χ2v) is 8.16. The molecule has 0 aliphatic rings. The summed E-state index contributed by atoms with van der Waals surface area (Å²) in [6, 6.07) is 31.5. The van der Waals surface area contributed by atoms with Gasteiger partial charge in [-0.2, -0.15) is 0 Å². The van der Waals surface area contributed by atoms with Crippen LogP contribution in [0.1, 0.15) is 16.7 Å². The SMILES string of the molecule is Cc1cc2sc3ccccc3c2cc1-c1ccc(C(=N)c2ccccc2)cc1. The molecule has 0 radical (unpaired) electrons. The van der Waals surface area contributed by atoms with Crippen molar-refractivity contribution in [2.75, 3.05) is 0 Å². The van der Waals surface area contributed by atoms with E-state index in [1.54, 1.807) is 0 Å². The molecule has 0 aliphatic carbocycles. The molecule has 1 aromatic heterocycles. The highest BCUT2D eigenvalue weighted by Crippen LogP contribution is 2.38. The van der Waals surface area contributed by atoms with E-state index in [1.807, 2.05) is 41.7 Å². The smallest absolute Gasteiger partial charge is 0.0684 e. The van der Waals surface area contributed by atoms with Crippen molar-refractivity contribution < 1.29 is 0 Å². The van der Waals surface area contributed by atoms with Gasteiger partial charge < -0.3 is 0 Å². The van der Waals surface area contributed by atoms with Crippen molar-refractivity contribution in [2.45, 2.75) is 6.92 Å². The summed E-state index contributed by atoms with van der Waals surface area (Å²) >= 11 is 1.86. The normalized spacial score (nSPS) is 11.2. The molecule has 0 amide bonds. The third kappa shape index (κ3) is 2.83. The number of rotatable bonds is 3. The number of benzene rings is 4. The maximum Gasteiger partial charge on any atom is 0.0684 e. The van der Waals surface area contributed by atoms with Gasteiger partial charge in [-0.15, -0.1) is 11.3 Å². The van der Waals surface area contributed by atoms with Crippen molar-refractivity contribution in [2.24, 2.45) is 0 Å². The number of aryl methyl sites for hydroxylation is 1. The van der Waals surface area contributed by atoms with Crippen molar-refractivity contribution in [3.63, 3.8) is 0 Å². The summed E-state index contributed by atoms with van der Waals surface area (Å²) in [6.45, 7) is 2.18. The lowest BCUT2D eigenvalue weighted by molar-refractivity contribution is 1.45. The van der Waals surface area contributed by atoms with Gasteiger partial charge in [-0.1, -0.05) is 72.8 Å². The Labute approximate surface area is 168 Å². The van der Waals surface area contributed by atoms with Gasteiger partial charge in [0.05, 0.1) is 5.71 Å². The van der Waals surface area contributed by atoms with Gasteiger partial charge in [0.2, 0.25) is 0 Å². The molecule has 0 saturated heterocycles. The van der Waals surface area contributed by atoms with Crippen LogP contribution in [0.2, 0.25) is 0 Å². The van der Waals surface area contributed by atoms with E-state index in [0.29, 0.717) is 5.71 Å². The van der Waals surface area contributed by atoms with Gasteiger partial charge in [-0.05, 0) is 47.4 Å². The molecule has 28 heavy (non-hydrogen) atoms. The summed E-state index contributed by atoms with van der Waals surface area (Å²) < 4.78 is 2.67. The fourth-order valence-corrected chi connectivity index (χ4v) is 4.96. The Kier molecular flexibility index (Phi) is 4.07. The van der Waals surface area contributed by atoms with E-state index < -0.39 is 0 Å². The summed E-state index contributed by atoms with van der Waals surface area (Å²) in [7, 11) is 0. The molecule has 0 atom stereocenters. The van der Waals surface area contributed by atoms with E-state index in [2.05, 4.69) is 67.6 Å². The average Bonchev–Trinajstić information content (AvgIpc) is 3.10. The lowest BCUT2D eigenvalue weighted by Crippen LogP contribution is -2.00. The summed E-state index contributed by atoms with van der Waals surface area (Å²) in [5.41, 5.74) is 6.17. The molecule has 0 bridgehead atoms. The number of fused-ring (bicyclic) bond motifs is 3. The standard InChI is InChI=1S/C26H19NS/c1-17-15-25-23(21-9-5-6-10-24(21)28-25)16-22(17)18-11-13-20(14-12-18)26(27)19-7-3-2-4-8-19/h2-16,27H,1H3. The molecular weight excluding hydrogens is 358 g/mol. The Morgan fingerprint density at radius 2 is 1.36 bits per heavy atom. The van der Waals surface area contributed by atoms with Crippen LogP contribution in [0.4, 0.5) is 0 Å². The molecule has 0 saturated carbocycles. The number of hydrogen-bond acceptors (Lipinski definition) is 2. The van der Waals surface area contributed by atoms with Crippen molar-refractivity contribution in [1.29, 1.82) is 5.41 Å². The van der Waals surface area contributed by atoms with Crippen LogP contribution in [0.5, 0.6) is 0 Å². The van der Waals surface area contributed by atoms with E-state index in [-0.39, 0.29) is 0 Å². The lowest BCUT2D eigenvalue weighted by atomic mass is 9.95. The van der Waals surface area contributed by atoms with Gasteiger partial charge in [0.1, 0.15) is 0 Å². The van der Waals surface area contributed by atoms with Gasteiger partial charge in [0.25, 0.3) is 0 Å². The minimum atomic E-state index is 0.558. The molecule has 5 aromatic rings. The fourth-order valence-electron chi connectivity index (χ4n) is 3.77. The van der Waals surface area contributed by atoms with Gasteiger partial charge in [0, 0.05) is 25.7 Å². The molecule has 0 aliphatic heterocycles. The zero-order chi connectivity index (χ0) is 19.1. The maximum absolute atomic E-state index is 8.47. The molecule has 134 valence electrons. The van der Waals surface area contributed by atoms with Crippen molar-refractivity contribution in [3.8, 4) is 11.1 Å². The third-order valence-electron chi connectivity index (χ3n) is 5.27. The predicted molar refractivity (Wildman–Crippen MR) is 122 cm³/mol. The van der Waals surface area contributed by atoms with E-state index >= 15 is 0 Å². The highest BCUT2D eigenvalue weighted by molar-refractivity contribution is 7.25. The van der Waals surface area contributed by atoms with E-state index in [0.717, 1.165) is 11.1 Å². The molecule has 1 nitrogen and oxygen atoms in total. The minimum Gasteiger partial charge on any atom is -0.300 e. The molecule has 1 N–H and O–H groups in total. The van der Waals surface area contributed by atoms with Crippen LogP contribution in [-0.4, -0.2) is 5.71 Å². The summed E-state index contributed by atoms with van der Waals surface area (Å²) in [5.74, 6) is 0. The third-order valence-corrected chi connectivity index (χ3v) is 6.40. The molecule has 0 fully saturated rings. The van der Waals surface area contributed by atoms with E-state index in [1.165, 1.54) is 36.9 Å². The average molecular weight is 378 g/mol. The zero-order valence-electron chi connectivity index (χ0n) is 15.6. The Hall–Kier alpha value is -3.23. The Morgan fingerprint density at radius 3 is 2.14 bits per heavy atom. The fraction of sp³-hybridized carbons (Fsp3) is 0.0385. The minimum absolute atomic E-state index is 0.558. The number of hydrogen-bond donors (Lipinski definition) is 1. The Morgan fingerprint density at radius 1 is 0.679 bits per heavy atom. The molecule has 4 aromatic carbocycles. The van der Waals surface area contributed by atoms with Crippen LogP contribution < -0.4 is 0 Å². The van der Waals surface area contributed by atoms with Crippen LogP contribution in [0.25, 0.3) is 31.3 Å². The first-order chi connectivity index (χ1) is 13.7. The maximum atomic E-state index is 8.47. The predicted octanol–water partition coefficient (Wildman–Crippen LogP) is 7.45. The molecule has 0 spiro atoms. The van der Waals surface area contributed by atoms with Crippen molar-refractivity contribution >= 4 is 37.2 Å². The topological polar surface area (TPSA) is 23.9 Å². The monoisotopic (exact) mass is 377 g/mol. The first kappa shape index (κ1) is 16.9. The summed E-state index contributed by atoms with van der Waals surface area (Å²) in [6.07, 6.45) is 0. The zero-order valence-corrected chi connectivity index (χ0v) is 16.4. The highest BCUT2D eigenvalue weighted by Gasteiger charge is 2.10. The van der Waals surface area contributed by atoms with Crippen LogP contribution in [-0.2, 0) is 0 Å². The van der Waals surface area contributed by atoms with Gasteiger partial charge in [-0.3, -0.25) is 5.41 Å². The van der Waals surface area contributed by atoms with Gasteiger partial charge in [0.15, 0.2) is 0 Å². The largest absolute Gasteiger partial charge is 0.300 e. The van der Waals surface area contributed by atoms with Crippen molar-refractivity contribution in [3.05, 3.63) is 108 Å². The molecule has 2 heteroatoms. The van der Waals surface area contributed by atoms with Gasteiger partial charge >= 0.3 is 0 Å². The second kappa shape index (κ2) is 6.74. The summed E-state index contributed by atoms with van der Waals surface area (Å²) in [5, 5.41) is 11.1. The Bertz CT molecular complexity index is 1310. The molecular formula is C26H19NS. The van der Waals surface area contributed by atoms with Crippen LogP contribution in [0, 0.1) is 12.3 Å². The first-order valence-electron chi connectivity index (χ1n) is 9.37. The second-order valence-electron chi connectivity index (χ2n) is 7.08. The number of thiophene rings is 1. The molecule has 5 rings (SSSR count). The van der Waals surface area contributed by atoms with E-state index in [9.17, 15) is 0 Å². The molecule has 0 unspecified atom stereocenters. The summed E-state index contributed by atoms with van der Waals surface area (Å²) in [4.78, 5) is 0.